The van der Waals surface area contributed by atoms with E-state index in [9.17, 15) is 0 Å². The molecule has 0 bridgehead atoms. The van der Waals surface area contributed by atoms with Crippen molar-refractivity contribution >= 4 is 23.5 Å². The van der Waals surface area contributed by atoms with Gasteiger partial charge >= 0.3 is 22.4 Å². The van der Waals surface area contributed by atoms with E-state index < -0.39 is 10.2 Å². The van der Waals surface area contributed by atoms with Crippen LogP contribution in [-0.4, -0.2) is 23.0 Å². The van der Waals surface area contributed by atoms with Gasteiger partial charge in [0.1, 0.15) is 0 Å². The second-order valence-corrected chi connectivity index (χ2v) is 6.22. The monoisotopic (exact) mass is 472 g/mol. The Morgan fingerprint density at radius 2 is 0.812 bits per heavy atom. The topological polar surface area (TPSA) is 92.2 Å². The van der Waals surface area contributed by atoms with Crippen molar-refractivity contribution in [1.29, 1.82) is 0 Å². The third kappa shape index (κ3) is 24.7. The van der Waals surface area contributed by atoms with Crippen LogP contribution >= 0.6 is 23.5 Å². The van der Waals surface area contributed by atoms with Crippen molar-refractivity contribution in [2.75, 3.05) is 23.0 Å². The molecule has 0 aliphatic carbocycles. The zero-order chi connectivity index (χ0) is 11.6. The molecule has 8 heteroatoms. The van der Waals surface area contributed by atoms with Crippen LogP contribution in [-0.2, 0) is 22.4 Å². The SMILES string of the molecule is C1CCSC1.C1CCSC1.[Au+].[O-][Cl+3]([O-])([O-])[O-]. The van der Waals surface area contributed by atoms with Crippen LogP contribution in [0.5, 0.6) is 0 Å². The molecule has 0 unspecified atom stereocenters. The Morgan fingerprint density at radius 1 is 0.625 bits per heavy atom. The summed E-state index contributed by atoms with van der Waals surface area (Å²) in [6.07, 6.45) is 5.85. The minimum Gasteiger partial charge on any atom is -0.222 e. The van der Waals surface area contributed by atoms with Crippen molar-refractivity contribution in [2.24, 2.45) is 0 Å². The molecule has 4 nitrogen and oxygen atoms in total. The van der Waals surface area contributed by atoms with Crippen molar-refractivity contribution in [1.82, 2.24) is 0 Å². The fraction of sp³-hybridized carbons (Fsp3) is 1.00. The minimum absolute atomic E-state index is 0. The van der Waals surface area contributed by atoms with Gasteiger partial charge in [-0.05, 0) is 48.7 Å². The standard InChI is InChI=1S/2C4H8S.Au.ClHO4/c2*1-2-4-5-3-1;;2-1(3,4)5/h2*1-4H2;;(H,2,3,4,5)/q;;+1;/p-1. The van der Waals surface area contributed by atoms with Crippen LogP contribution in [0, 0.1) is 10.2 Å². The van der Waals surface area contributed by atoms with Crippen molar-refractivity contribution in [3.05, 3.63) is 0 Å². The van der Waals surface area contributed by atoms with Gasteiger partial charge in [0.2, 0.25) is 0 Å². The third-order valence-corrected chi connectivity index (χ3v) is 3.96. The van der Waals surface area contributed by atoms with Gasteiger partial charge in [0.05, 0.1) is 0 Å². The van der Waals surface area contributed by atoms with E-state index in [0.717, 1.165) is 0 Å². The van der Waals surface area contributed by atoms with E-state index in [2.05, 4.69) is 23.5 Å². The second-order valence-electron chi connectivity index (χ2n) is 3.02. The maximum atomic E-state index is 8.49. The fourth-order valence-corrected chi connectivity index (χ4v) is 3.06. The molecule has 0 radical (unpaired) electrons. The molecule has 0 aromatic rings. The number of rotatable bonds is 0. The van der Waals surface area contributed by atoms with Gasteiger partial charge in [-0.15, -0.1) is 10.2 Å². The van der Waals surface area contributed by atoms with Gasteiger partial charge in [-0.3, -0.25) is 0 Å². The zero-order valence-electron chi connectivity index (χ0n) is 8.79. The summed E-state index contributed by atoms with van der Waals surface area (Å²) < 4.78 is 34.0. The van der Waals surface area contributed by atoms with Crippen LogP contribution in [0.15, 0.2) is 0 Å². The van der Waals surface area contributed by atoms with Gasteiger partial charge in [-0.25, -0.2) is 18.6 Å². The molecule has 2 heterocycles. The van der Waals surface area contributed by atoms with Crippen molar-refractivity contribution in [3.63, 3.8) is 0 Å². The summed E-state index contributed by atoms with van der Waals surface area (Å²) in [6, 6.07) is 0. The number of thioether (sulfide) groups is 2. The summed E-state index contributed by atoms with van der Waals surface area (Å²) in [5.41, 5.74) is 0. The normalized spacial score (nSPS) is 18.8. The third-order valence-electron chi connectivity index (χ3n) is 1.65. The summed E-state index contributed by atoms with van der Waals surface area (Å²) in [6.45, 7) is 0. The Labute approximate surface area is 123 Å². The van der Waals surface area contributed by atoms with Gasteiger partial charge in [0.25, 0.3) is 0 Å². The Morgan fingerprint density at radius 3 is 0.875 bits per heavy atom. The molecule has 0 spiro atoms. The van der Waals surface area contributed by atoms with Crippen molar-refractivity contribution < 1.29 is 51.3 Å². The first-order valence-corrected chi connectivity index (χ1v) is 8.32. The van der Waals surface area contributed by atoms with E-state index >= 15 is 0 Å². The maximum absolute atomic E-state index is 8.49. The van der Waals surface area contributed by atoms with Gasteiger partial charge in [-0.2, -0.15) is 23.5 Å². The van der Waals surface area contributed by atoms with Crippen LogP contribution < -0.4 is 18.6 Å². The Bertz CT molecular complexity index is 109. The van der Waals surface area contributed by atoms with E-state index in [1.54, 1.807) is 0 Å². The first-order valence-electron chi connectivity index (χ1n) is 4.77. The smallest absolute Gasteiger partial charge is 0.222 e. The zero-order valence-corrected chi connectivity index (χ0v) is 13.3. The molecule has 0 aromatic heterocycles. The van der Waals surface area contributed by atoms with Crippen molar-refractivity contribution in [3.8, 4) is 0 Å². The fourth-order valence-electron chi connectivity index (χ4n) is 1.02. The minimum atomic E-state index is -4.94. The molecule has 2 aliphatic rings. The van der Waals surface area contributed by atoms with E-state index in [1.807, 2.05) is 0 Å². The average molecular weight is 473 g/mol. The Hall–Kier alpha value is 1.57. The van der Waals surface area contributed by atoms with E-state index in [0.29, 0.717) is 0 Å². The first-order chi connectivity index (χ1) is 7.00. The first kappa shape index (κ1) is 19.9. The maximum Gasteiger partial charge on any atom is 1.00 e. The molecule has 0 aromatic carbocycles. The molecule has 0 saturated carbocycles. The number of hydrogen-bond acceptors (Lipinski definition) is 6. The van der Waals surface area contributed by atoms with E-state index in [-0.39, 0.29) is 22.4 Å². The van der Waals surface area contributed by atoms with Crippen LogP contribution in [0.2, 0.25) is 0 Å². The quantitative estimate of drug-likeness (QED) is 0.389. The van der Waals surface area contributed by atoms with Crippen LogP contribution in [0.1, 0.15) is 25.7 Å². The molecule has 2 saturated heterocycles. The molecular formula is C8H16AuClO4S2. The molecule has 16 heavy (non-hydrogen) atoms. The van der Waals surface area contributed by atoms with Gasteiger partial charge in [-0.1, -0.05) is 0 Å². The van der Waals surface area contributed by atoms with Gasteiger partial charge in [0, 0.05) is 0 Å². The summed E-state index contributed by atoms with van der Waals surface area (Å²) >= 11 is 4.15. The molecular weight excluding hydrogens is 457 g/mol. The largest absolute Gasteiger partial charge is 1.00 e. The van der Waals surface area contributed by atoms with Gasteiger partial charge < -0.3 is 0 Å². The molecule has 0 amide bonds. The molecule has 0 atom stereocenters. The summed E-state index contributed by atoms with van der Waals surface area (Å²) in [5, 5.41) is 0. The molecule has 2 aliphatic heterocycles. The molecule has 0 N–H and O–H groups in total. The van der Waals surface area contributed by atoms with Crippen LogP contribution in [0.4, 0.5) is 0 Å². The molecule has 2 fully saturated rings. The molecule has 2 rings (SSSR count). The van der Waals surface area contributed by atoms with E-state index in [1.165, 1.54) is 48.7 Å². The number of halogens is 1. The predicted molar refractivity (Wildman–Crippen MR) is 53.1 cm³/mol. The number of hydrogen-bond donors (Lipinski definition) is 0. The molecule has 102 valence electrons. The Balaban J connectivity index is 0. The summed E-state index contributed by atoms with van der Waals surface area (Å²) in [4.78, 5) is 0. The Kier molecular flexibility index (Phi) is 16.2. The predicted octanol–water partition coefficient (Wildman–Crippen LogP) is -1.73. The summed E-state index contributed by atoms with van der Waals surface area (Å²) in [5.74, 6) is 5.67. The van der Waals surface area contributed by atoms with E-state index in [4.69, 9.17) is 18.6 Å². The second kappa shape index (κ2) is 13.0. The summed E-state index contributed by atoms with van der Waals surface area (Å²) in [7, 11) is -4.94. The average Bonchev–Trinajstić information content (AvgIpc) is 2.81. The van der Waals surface area contributed by atoms with Gasteiger partial charge in [0.15, 0.2) is 0 Å². The van der Waals surface area contributed by atoms with Crippen molar-refractivity contribution in [2.45, 2.75) is 25.7 Å². The van der Waals surface area contributed by atoms with Crippen LogP contribution in [0.3, 0.4) is 0 Å². The van der Waals surface area contributed by atoms with Crippen LogP contribution in [0.25, 0.3) is 0 Å².